The first-order valence-electron chi connectivity index (χ1n) is 21.6. The van der Waals surface area contributed by atoms with E-state index < -0.39 is 0 Å². The Morgan fingerprint density at radius 1 is 0.582 bits per heavy atom. The molecular weight excluding hydrogens is 1270 g/mol. The fourth-order valence-electron chi connectivity index (χ4n) is 6.56. The molecule has 0 atom stereocenters. The number of amides is 3. The van der Waals surface area contributed by atoms with Crippen molar-refractivity contribution in [3.05, 3.63) is 169 Å². The van der Waals surface area contributed by atoms with Gasteiger partial charge in [-0.1, -0.05) is 40.9 Å². The van der Waals surface area contributed by atoms with E-state index in [0.29, 0.717) is 47.0 Å². The second-order valence-corrected chi connectivity index (χ2v) is 20.7. The molecule has 0 spiro atoms. The minimum atomic E-state index is -0.374. The van der Waals surface area contributed by atoms with Crippen molar-refractivity contribution in [2.75, 3.05) is 49.7 Å². The number of benzene rings is 6. The van der Waals surface area contributed by atoms with Crippen LogP contribution in [-0.4, -0.2) is 61.3 Å². The normalized spacial score (nSPS) is 10.4. The van der Waals surface area contributed by atoms with Crippen LogP contribution >= 0.6 is 95.3 Å². The number of hydrogen-bond acceptors (Lipinski definition) is 6. The van der Waals surface area contributed by atoms with E-state index in [1.54, 1.807) is 36.0 Å². The van der Waals surface area contributed by atoms with Crippen molar-refractivity contribution in [1.29, 1.82) is 0 Å². The molecular formula is C52H56BrClFI3N6O3. The monoisotopic (exact) mass is 1330 g/mol. The molecule has 4 N–H and O–H groups in total. The fourth-order valence-corrected chi connectivity index (χ4v) is 9.03. The molecule has 0 aliphatic carbocycles. The van der Waals surface area contributed by atoms with Gasteiger partial charge in [-0.25, -0.2) is 4.39 Å². The van der Waals surface area contributed by atoms with Crippen molar-refractivity contribution in [3.63, 3.8) is 0 Å². The third-order valence-corrected chi connectivity index (χ3v) is 13.0. The minimum Gasteiger partial charge on any atom is -0.355 e. The average Bonchev–Trinajstić information content (AvgIpc) is 3.28. The highest BCUT2D eigenvalue weighted by Crippen LogP contribution is 2.30. The van der Waals surface area contributed by atoms with Gasteiger partial charge in [0.2, 0.25) is 0 Å². The van der Waals surface area contributed by atoms with E-state index >= 15 is 0 Å². The molecule has 6 aromatic rings. The molecule has 67 heavy (non-hydrogen) atoms. The maximum atomic E-state index is 13.6. The predicted octanol–water partition coefficient (Wildman–Crippen LogP) is 15.3. The van der Waals surface area contributed by atoms with Gasteiger partial charge in [-0.15, -0.1) is 0 Å². The summed E-state index contributed by atoms with van der Waals surface area (Å²) in [6.07, 6.45) is 1.93. The number of hydrogen-bond donors (Lipinski definition) is 4. The second-order valence-electron chi connectivity index (χ2n) is 15.6. The quantitative estimate of drug-likeness (QED) is 0.0640. The van der Waals surface area contributed by atoms with Crippen molar-refractivity contribution in [2.45, 2.75) is 54.4 Å². The summed E-state index contributed by atoms with van der Waals surface area (Å²) in [5.41, 5.74) is 9.91. The van der Waals surface area contributed by atoms with Crippen LogP contribution in [0.4, 0.5) is 38.5 Å². The number of carbonyl (C=O) groups excluding carboxylic acids is 3. The maximum Gasteiger partial charge on any atom is 0.255 e. The van der Waals surface area contributed by atoms with E-state index in [-0.39, 0.29) is 23.5 Å². The predicted molar refractivity (Wildman–Crippen MR) is 306 cm³/mol. The summed E-state index contributed by atoms with van der Waals surface area (Å²) in [6, 6.07) is 33.5. The Morgan fingerprint density at radius 3 is 1.51 bits per heavy atom. The van der Waals surface area contributed by atoms with E-state index in [0.717, 1.165) is 66.0 Å². The summed E-state index contributed by atoms with van der Waals surface area (Å²) in [4.78, 5) is 40.7. The zero-order chi connectivity index (χ0) is 49.4. The first kappa shape index (κ1) is 55.6. The fraction of sp³-hybridized carbons (Fsp3) is 0.250. The van der Waals surface area contributed by atoms with E-state index in [1.165, 1.54) is 25.3 Å². The van der Waals surface area contributed by atoms with E-state index in [1.807, 2.05) is 94.4 Å². The highest BCUT2D eigenvalue weighted by Gasteiger charge is 2.19. The molecule has 3 amide bonds. The van der Waals surface area contributed by atoms with Gasteiger partial charge in [0.15, 0.2) is 0 Å². The minimum absolute atomic E-state index is 0.0110. The molecule has 6 rings (SSSR count). The van der Waals surface area contributed by atoms with Gasteiger partial charge in [0.1, 0.15) is 5.82 Å². The first-order chi connectivity index (χ1) is 31.8. The smallest absolute Gasteiger partial charge is 0.255 e. The highest BCUT2D eigenvalue weighted by atomic mass is 127. The molecule has 0 aromatic heterocycles. The third-order valence-electron chi connectivity index (χ3n) is 10.3. The topological polar surface area (TPSA) is 106 Å². The molecule has 9 nitrogen and oxygen atoms in total. The van der Waals surface area contributed by atoms with Crippen LogP contribution in [-0.2, 0) is 0 Å². The van der Waals surface area contributed by atoms with Gasteiger partial charge in [0.05, 0.1) is 33.8 Å². The number of aryl methyl sites for hydroxylation is 3. The summed E-state index contributed by atoms with van der Waals surface area (Å²) in [6.45, 7) is 14.1. The number of nitrogens with zero attached hydrogens (tertiary/aromatic N) is 2. The van der Waals surface area contributed by atoms with Crippen LogP contribution in [0.5, 0.6) is 0 Å². The average molecular weight is 1330 g/mol. The summed E-state index contributed by atoms with van der Waals surface area (Å²) in [5.74, 6) is -0.602. The molecule has 0 saturated heterocycles. The molecule has 0 bridgehead atoms. The van der Waals surface area contributed by atoms with Crippen molar-refractivity contribution in [2.24, 2.45) is 0 Å². The van der Waals surface area contributed by atoms with Gasteiger partial charge in [-0.05, 0) is 235 Å². The van der Waals surface area contributed by atoms with Crippen LogP contribution in [0.25, 0.3) is 0 Å². The molecule has 354 valence electrons. The number of carbonyl (C=O) groups is 3. The number of anilines is 6. The van der Waals surface area contributed by atoms with Gasteiger partial charge in [-0.2, -0.15) is 0 Å². The molecule has 0 fully saturated rings. The first-order valence-corrected chi connectivity index (χ1v) is 26.0. The Balaban J connectivity index is 0.000000220. The summed E-state index contributed by atoms with van der Waals surface area (Å²) in [5, 5.41) is 13.3. The molecule has 6 aromatic carbocycles. The molecule has 0 aliphatic rings. The molecule has 0 radical (unpaired) electrons. The molecule has 0 saturated carbocycles. The zero-order valence-corrected chi connectivity index (χ0v) is 47.6. The highest BCUT2D eigenvalue weighted by molar-refractivity contribution is 14.1. The van der Waals surface area contributed by atoms with Crippen LogP contribution in [0.15, 0.2) is 114 Å². The lowest BCUT2D eigenvalue weighted by molar-refractivity contribution is 0.0772. The lowest BCUT2D eigenvalue weighted by atomic mass is 10.1. The Hall–Kier alpha value is -3.98. The molecule has 0 aliphatic heterocycles. The number of halogens is 6. The summed E-state index contributed by atoms with van der Waals surface area (Å²) < 4.78 is 18.0. The molecule has 0 unspecified atom stereocenters. The van der Waals surface area contributed by atoms with Crippen LogP contribution in [0, 0.1) is 37.3 Å². The van der Waals surface area contributed by atoms with Crippen LogP contribution in [0.3, 0.4) is 0 Å². The summed E-state index contributed by atoms with van der Waals surface area (Å²) >= 11 is 16.3. The lowest BCUT2D eigenvalue weighted by Gasteiger charge is -2.21. The van der Waals surface area contributed by atoms with E-state index in [2.05, 4.69) is 131 Å². The molecule has 15 heteroatoms. The zero-order valence-electron chi connectivity index (χ0n) is 38.8. The number of unbranched alkanes of at least 4 members (excludes halogenated alkanes) is 1. The van der Waals surface area contributed by atoms with Crippen molar-refractivity contribution < 1.29 is 18.8 Å². The lowest BCUT2D eigenvalue weighted by Crippen LogP contribution is -2.31. The van der Waals surface area contributed by atoms with Gasteiger partial charge < -0.3 is 31.1 Å². The molecule has 0 heterocycles. The van der Waals surface area contributed by atoms with Gasteiger partial charge in [0, 0.05) is 71.0 Å². The van der Waals surface area contributed by atoms with Gasteiger partial charge in [-0.3, -0.25) is 14.4 Å². The largest absolute Gasteiger partial charge is 0.355 e. The van der Waals surface area contributed by atoms with Gasteiger partial charge >= 0.3 is 0 Å². The van der Waals surface area contributed by atoms with Crippen molar-refractivity contribution in [1.82, 2.24) is 15.1 Å². The third kappa shape index (κ3) is 16.9. The van der Waals surface area contributed by atoms with Crippen LogP contribution in [0.2, 0.25) is 5.02 Å². The second kappa shape index (κ2) is 27.3. The Labute approximate surface area is 449 Å². The summed E-state index contributed by atoms with van der Waals surface area (Å²) in [7, 11) is 3.51. The Bertz CT molecular complexity index is 2680. The van der Waals surface area contributed by atoms with E-state index in [4.69, 9.17) is 11.6 Å². The number of rotatable bonds is 14. The van der Waals surface area contributed by atoms with Crippen molar-refractivity contribution in [3.8, 4) is 0 Å². The SMILES string of the molecule is CCCCNC(=O)c1ccc(F)cc1Nc1ccc(I)cc1C.CCN(CC)C(=O)c1cc(Cl)ccc1Nc1ccc(I)cc1C.Cc1cc(I)ccc1Nc1ccc(Br)cc1C(=O)N(C)C. The Morgan fingerprint density at radius 2 is 1.04 bits per heavy atom. The maximum absolute atomic E-state index is 13.6. The Kier molecular flexibility index (Phi) is 22.6. The van der Waals surface area contributed by atoms with Gasteiger partial charge in [0.25, 0.3) is 17.7 Å². The van der Waals surface area contributed by atoms with Crippen LogP contribution in [0.1, 0.15) is 81.4 Å². The number of nitrogens with one attached hydrogen (secondary N) is 4. The van der Waals surface area contributed by atoms with Crippen molar-refractivity contribution >= 4 is 147 Å². The van der Waals surface area contributed by atoms with E-state index in [9.17, 15) is 18.8 Å². The van der Waals surface area contributed by atoms with Crippen LogP contribution < -0.4 is 21.3 Å². The standard InChI is InChI=1S/C18H20ClIN2O.C18H20FIN2O.C16H16BrIN2O/c1-4-22(5-2)18(23)15-11-13(19)6-8-17(15)21-16-9-7-14(20)10-12(16)3;1-3-4-9-21-18(23)15-7-5-13(19)11-17(15)22-16-8-6-14(20)10-12(16)2;1-10-8-12(18)5-7-14(10)19-15-6-4-11(17)9-13(15)16(21)20(2)3/h6-11,21H,4-5H2,1-3H3;5-8,10-11,22H,3-4,9H2,1-2H3,(H,21,23);4-9,19H,1-3H3.